The lowest BCUT2D eigenvalue weighted by Gasteiger charge is -2.12. The highest BCUT2D eigenvalue weighted by molar-refractivity contribution is 8.03. The second kappa shape index (κ2) is 8.00. The van der Waals surface area contributed by atoms with Crippen molar-refractivity contribution in [3.05, 3.63) is 72.4 Å². The van der Waals surface area contributed by atoms with Gasteiger partial charge in [0.15, 0.2) is 10.9 Å². The molecule has 2 rings (SSSR count). The molecule has 0 saturated carbocycles. The van der Waals surface area contributed by atoms with Crippen molar-refractivity contribution in [3.8, 4) is 0 Å². The van der Waals surface area contributed by atoms with Crippen molar-refractivity contribution >= 4 is 29.0 Å². The Morgan fingerprint density at radius 3 is 2.70 bits per heavy atom. The fourth-order valence-corrected chi connectivity index (χ4v) is 2.23. The number of furan rings is 1. The van der Waals surface area contributed by atoms with Gasteiger partial charge in [0.2, 0.25) is 0 Å². The molecule has 1 heterocycles. The van der Waals surface area contributed by atoms with E-state index in [-0.39, 0.29) is 5.90 Å². The van der Waals surface area contributed by atoms with Crippen molar-refractivity contribution in [3.63, 3.8) is 0 Å². The van der Waals surface area contributed by atoms with Gasteiger partial charge in [0.25, 0.3) is 5.90 Å². The van der Waals surface area contributed by atoms with Crippen LogP contribution in [-0.4, -0.2) is 11.7 Å². The monoisotopic (exact) mass is 330 g/mol. The number of hydrogen-bond acceptors (Lipinski definition) is 7. The molecule has 6 nitrogen and oxygen atoms in total. The lowest BCUT2D eigenvalue weighted by molar-refractivity contribution is 0.432. The lowest BCUT2D eigenvalue weighted by Crippen LogP contribution is -2.08. The topological polar surface area (TPSA) is 98.8 Å². The van der Waals surface area contributed by atoms with Crippen LogP contribution in [-0.2, 0) is 4.74 Å². The van der Waals surface area contributed by atoms with E-state index in [0.29, 0.717) is 22.3 Å². The smallest absolute Gasteiger partial charge is 0.280 e. The van der Waals surface area contributed by atoms with Crippen LogP contribution in [0.3, 0.4) is 0 Å². The van der Waals surface area contributed by atoms with E-state index in [1.807, 2.05) is 24.3 Å². The summed E-state index contributed by atoms with van der Waals surface area (Å²) >= 11 is 1.35. The molecule has 2 aromatic rings. The minimum atomic E-state index is 0.165. The molecule has 0 spiro atoms. The summed E-state index contributed by atoms with van der Waals surface area (Å²) in [5, 5.41) is 7.12. The molecule has 120 valence electrons. The van der Waals surface area contributed by atoms with Gasteiger partial charge in [-0.25, -0.2) is 0 Å². The fourth-order valence-electron chi connectivity index (χ4n) is 1.68. The van der Waals surface area contributed by atoms with Gasteiger partial charge in [0, 0.05) is 11.4 Å². The molecule has 0 fully saturated rings. The number of rotatable bonds is 7. The van der Waals surface area contributed by atoms with Gasteiger partial charge in [-0.2, -0.15) is 0 Å². The molecule has 7 heteroatoms. The van der Waals surface area contributed by atoms with Crippen molar-refractivity contribution < 1.29 is 9.15 Å². The zero-order valence-electron chi connectivity index (χ0n) is 12.5. The molecular weight excluding hydrogens is 312 g/mol. The summed E-state index contributed by atoms with van der Waals surface area (Å²) in [6.45, 7) is 7.77. The largest absolute Gasteiger partial charge is 0.459 e. The first kappa shape index (κ1) is 16.6. The van der Waals surface area contributed by atoms with Crippen LogP contribution < -0.4 is 16.9 Å². The predicted octanol–water partition coefficient (Wildman–Crippen LogP) is 3.33. The Labute approximate surface area is 138 Å². The van der Waals surface area contributed by atoms with E-state index in [9.17, 15) is 0 Å². The Balaban J connectivity index is 1.82. The van der Waals surface area contributed by atoms with Gasteiger partial charge in [-0.05, 0) is 30.8 Å². The third kappa shape index (κ3) is 4.86. The lowest BCUT2D eigenvalue weighted by atomic mass is 10.2. The van der Waals surface area contributed by atoms with Crippen molar-refractivity contribution in [2.24, 2.45) is 10.9 Å². The third-order valence-corrected chi connectivity index (χ3v) is 3.64. The van der Waals surface area contributed by atoms with Gasteiger partial charge >= 0.3 is 0 Å². The van der Waals surface area contributed by atoms with E-state index in [4.69, 9.17) is 20.7 Å². The maximum atomic E-state index is 5.87. The molecule has 0 aliphatic heterocycles. The SMILES string of the molecule is C=C(CSC(=C)O/C(=N\N)c1ccco1)Nc1ccccc1N. The average Bonchev–Trinajstić information content (AvgIpc) is 3.07. The zero-order valence-corrected chi connectivity index (χ0v) is 13.3. The zero-order chi connectivity index (χ0) is 16.7. The molecule has 0 radical (unpaired) electrons. The van der Waals surface area contributed by atoms with Gasteiger partial charge in [0.1, 0.15) is 0 Å². The number of thioether (sulfide) groups is 1. The van der Waals surface area contributed by atoms with Gasteiger partial charge < -0.3 is 26.0 Å². The molecular formula is C16H18N4O2S. The molecule has 0 atom stereocenters. The quantitative estimate of drug-likeness (QED) is 0.180. The number of hydrazone groups is 1. The number of nitrogen functional groups attached to an aromatic ring is 1. The number of hydrogen-bond donors (Lipinski definition) is 3. The van der Waals surface area contributed by atoms with Crippen molar-refractivity contribution in [1.82, 2.24) is 0 Å². The highest BCUT2D eigenvalue weighted by Crippen LogP contribution is 2.23. The number of ether oxygens (including phenoxy) is 1. The number of nitrogens with zero attached hydrogens (tertiary/aromatic N) is 1. The molecule has 0 aliphatic carbocycles. The van der Waals surface area contributed by atoms with E-state index >= 15 is 0 Å². The minimum Gasteiger partial charge on any atom is -0.459 e. The standard InChI is InChI=1S/C16H18N4O2S/c1-11(19-14-7-4-3-6-13(14)17)10-23-12(2)22-16(20-18)15-8-5-9-21-15/h3-9,19H,1-2,10,17-18H2/b20-16-. The number of nitrogens with one attached hydrogen (secondary N) is 1. The van der Waals surface area contributed by atoms with Crippen LogP contribution in [0.25, 0.3) is 0 Å². The van der Waals surface area contributed by atoms with Crippen LogP contribution in [0.1, 0.15) is 5.76 Å². The fraction of sp³-hybridized carbons (Fsp3) is 0.0625. The van der Waals surface area contributed by atoms with Crippen LogP contribution in [0.2, 0.25) is 0 Å². The van der Waals surface area contributed by atoms with Crippen LogP contribution in [0.5, 0.6) is 0 Å². The van der Waals surface area contributed by atoms with Crippen molar-refractivity contribution in [2.45, 2.75) is 0 Å². The predicted molar refractivity (Wildman–Crippen MR) is 95.7 cm³/mol. The molecule has 1 aromatic heterocycles. The normalized spacial score (nSPS) is 11.0. The van der Waals surface area contributed by atoms with E-state index in [0.717, 1.165) is 11.4 Å². The first-order chi connectivity index (χ1) is 11.1. The number of nitrogens with two attached hydrogens (primary N) is 2. The molecule has 0 saturated heterocycles. The molecule has 23 heavy (non-hydrogen) atoms. The Bertz CT molecular complexity index is 711. The summed E-state index contributed by atoms with van der Waals surface area (Å²) in [6, 6.07) is 10.9. The maximum Gasteiger partial charge on any atom is 0.280 e. The average molecular weight is 330 g/mol. The van der Waals surface area contributed by atoms with E-state index in [1.54, 1.807) is 12.1 Å². The van der Waals surface area contributed by atoms with Crippen LogP contribution in [0, 0.1) is 0 Å². The number of anilines is 2. The Kier molecular flexibility index (Phi) is 5.76. The highest BCUT2D eigenvalue weighted by atomic mass is 32.2. The van der Waals surface area contributed by atoms with Crippen LogP contribution >= 0.6 is 11.8 Å². The Hall–Kier alpha value is -2.80. The summed E-state index contributed by atoms with van der Waals surface area (Å²) in [5.41, 5.74) is 8.10. The second-order valence-corrected chi connectivity index (χ2v) is 5.52. The molecule has 0 bridgehead atoms. The summed E-state index contributed by atoms with van der Waals surface area (Å²) in [4.78, 5) is 0. The first-order valence-electron chi connectivity index (χ1n) is 6.70. The Morgan fingerprint density at radius 1 is 1.26 bits per heavy atom. The van der Waals surface area contributed by atoms with Gasteiger partial charge in [-0.1, -0.05) is 30.5 Å². The third-order valence-electron chi connectivity index (χ3n) is 2.74. The summed E-state index contributed by atoms with van der Waals surface area (Å²) in [5.74, 6) is 6.44. The van der Waals surface area contributed by atoms with Crippen LogP contribution in [0.4, 0.5) is 11.4 Å². The van der Waals surface area contributed by atoms with E-state index in [1.165, 1.54) is 18.0 Å². The highest BCUT2D eigenvalue weighted by Gasteiger charge is 2.11. The minimum absolute atomic E-state index is 0.165. The van der Waals surface area contributed by atoms with E-state index in [2.05, 4.69) is 23.6 Å². The van der Waals surface area contributed by atoms with Gasteiger partial charge in [0.05, 0.1) is 17.6 Å². The van der Waals surface area contributed by atoms with E-state index < -0.39 is 0 Å². The summed E-state index contributed by atoms with van der Waals surface area (Å²) in [6.07, 6.45) is 1.51. The summed E-state index contributed by atoms with van der Waals surface area (Å²) < 4.78 is 10.6. The Morgan fingerprint density at radius 2 is 2.04 bits per heavy atom. The first-order valence-corrected chi connectivity index (χ1v) is 7.69. The van der Waals surface area contributed by atoms with Crippen molar-refractivity contribution in [2.75, 3.05) is 16.8 Å². The molecule has 0 amide bonds. The molecule has 0 aliphatic rings. The number of para-hydroxylation sites is 2. The van der Waals surface area contributed by atoms with Gasteiger partial charge in [-0.15, -0.1) is 5.10 Å². The molecule has 1 aromatic carbocycles. The van der Waals surface area contributed by atoms with Crippen molar-refractivity contribution in [1.29, 1.82) is 0 Å². The second-order valence-electron chi connectivity index (χ2n) is 4.49. The molecule has 5 N–H and O–H groups in total. The maximum absolute atomic E-state index is 5.87. The van der Waals surface area contributed by atoms with Crippen LogP contribution in [0.15, 0.2) is 76.1 Å². The van der Waals surface area contributed by atoms with Gasteiger partial charge in [-0.3, -0.25) is 0 Å². The number of benzene rings is 1. The summed E-state index contributed by atoms with van der Waals surface area (Å²) in [7, 11) is 0. The molecule has 0 unspecified atom stereocenters.